The predicted octanol–water partition coefficient (Wildman–Crippen LogP) is 4.47. The molecule has 2 fully saturated rings. The molecule has 366 valence electrons. The quantitative estimate of drug-likeness (QED) is 0.0645. The van der Waals surface area contributed by atoms with Gasteiger partial charge in [0.2, 0.25) is 6.29 Å². The molecule has 0 radical (unpaired) electrons. The molecule has 23 heteroatoms. The summed E-state index contributed by atoms with van der Waals surface area (Å²) >= 11 is 0. The van der Waals surface area contributed by atoms with Crippen LogP contribution in [0.2, 0.25) is 0 Å². The van der Waals surface area contributed by atoms with Crippen molar-refractivity contribution in [2.45, 2.75) is 64.2 Å². The fraction of sp³-hybridized carbons (Fsp3) is 0.467. The van der Waals surface area contributed by atoms with Gasteiger partial charge < -0.3 is 39.0 Å². The van der Waals surface area contributed by atoms with Gasteiger partial charge in [-0.25, -0.2) is 37.3 Å². The van der Waals surface area contributed by atoms with Gasteiger partial charge in [0.15, 0.2) is 6.16 Å². The molecule has 2 aliphatic rings. The van der Waals surface area contributed by atoms with Gasteiger partial charge in [-0.05, 0) is 86.0 Å². The molecule has 0 spiro atoms. The van der Waals surface area contributed by atoms with Crippen molar-refractivity contribution in [3.05, 3.63) is 113 Å². The van der Waals surface area contributed by atoms with Gasteiger partial charge in [0, 0.05) is 68.6 Å². The molecule has 0 saturated carbocycles. The zero-order valence-corrected chi connectivity index (χ0v) is 39.1. The van der Waals surface area contributed by atoms with Gasteiger partial charge in [-0.3, -0.25) is 9.69 Å². The van der Waals surface area contributed by atoms with Crippen molar-refractivity contribution in [2.24, 2.45) is 5.92 Å². The largest absolute Gasteiger partial charge is 0.511 e. The maximum Gasteiger partial charge on any atom is 0.511 e. The summed E-state index contributed by atoms with van der Waals surface area (Å²) in [6.07, 6.45) is 2.04. The van der Waals surface area contributed by atoms with Gasteiger partial charge in [0.1, 0.15) is 48.1 Å². The molecular formula is C45H57F2N9O11P+. The molecule has 4 heterocycles. The molecule has 5 aromatic rings. The van der Waals surface area contributed by atoms with E-state index in [1.165, 1.54) is 45.9 Å². The van der Waals surface area contributed by atoms with Crippen molar-refractivity contribution >= 4 is 31.5 Å². The fourth-order valence-corrected chi connectivity index (χ4v) is 8.93. The molecule has 3 N–H and O–H groups in total. The van der Waals surface area contributed by atoms with Crippen LogP contribution in [0.5, 0.6) is 5.75 Å². The van der Waals surface area contributed by atoms with Crippen LogP contribution in [0.1, 0.15) is 45.2 Å². The number of nitrogens with zero attached hydrogens (tertiary/aromatic N) is 9. The summed E-state index contributed by atoms with van der Waals surface area (Å²) in [4.78, 5) is 57.4. The Morgan fingerprint density at radius 1 is 0.941 bits per heavy atom. The van der Waals surface area contributed by atoms with E-state index < -0.39 is 61.5 Å². The Bertz CT molecular complexity index is 2510. The van der Waals surface area contributed by atoms with Gasteiger partial charge in [-0.15, -0.1) is 0 Å². The van der Waals surface area contributed by atoms with Crippen LogP contribution >= 0.6 is 8.03 Å². The molecule has 0 amide bonds. The molecule has 0 bridgehead atoms. The van der Waals surface area contributed by atoms with E-state index in [-0.39, 0.29) is 42.8 Å². The average Bonchev–Trinajstić information content (AvgIpc) is 4.06. The molecule has 0 aliphatic carbocycles. The highest BCUT2D eigenvalue weighted by molar-refractivity contribution is 7.38. The molecule has 2 aromatic heterocycles. The van der Waals surface area contributed by atoms with Crippen molar-refractivity contribution in [3.63, 3.8) is 0 Å². The van der Waals surface area contributed by atoms with Gasteiger partial charge in [-0.1, -0.05) is 13.0 Å². The minimum absolute atomic E-state index is 0. The Labute approximate surface area is 392 Å². The second-order valence-corrected chi connectivity index (χ2v) is 17.8. The number of piperazine rings is 1. The van der Waals surface area contributed by atoms with Gasteiger partial charge in [-0.2, -0.15) is 15.1 Å². The molecule has 2 unspecified atom stereocenters. The SMILES string of the molecule is CC[C@@H]([C@H](C)OC(=O)OC(C)OC(=O)CN(C)CC[P+](=O)O)n1ncn(-c2ccc(N3CCN(c4ccc(OC[C@@H]5CO[C@@](Cn6cncn6)(c6ccc(F)cc6F)C5)cc4)CC3)cc2)c1=O.O. The van der Waals surface area contributed by atoms with E-state index in [4.69, 9.17) is 28.6 Å². The number of rotatable bonds is 20. The normalized spacial score (nSPS) is 18.6. The maximum atomic E-state index is 15.0. The number of carbonyl (C=O) groups is 2. The monoisotopic (exact) mass is 968 g/mol. The first-order valence-electron chi connectivity index (χ1n) is 22.0. The van der Waals surface area contributed by atoms with Crippen LogP contribution in [-0.2, 0) is 40.5 Å². The van der Waals surface area contributed by atoms with E-state index in [1.807, 2.05) is 55.5 Å². The van der Waals surface area contributed by atoms with Gasteiger partial charge >= 0.3 is 25.8 Å². The highest BCUT2D eigenvalue weighted by Gasteiger charge is 2.45. The molecule has 68 heavy (non-hydrogen) atoms. The second kappa shape index (κ2) is 23.1. The van der Waals surface area contributed by atoms with Crippen LogP contribution in [-0.4, -0.2) is 135 Å². The van der Waals surface area contributed by atoms with E-state index in [0.717, 1.165) is 43.6 Å². The number of ether oxygens (including phenoxy) is 5. The van der Waals surface area contributed by atoms with Crippen molar-refractivity contribution < 1.29 is 57.0 Å². The average molecular weight is 969 g/mol. The summed E-state index contributed by atoms with van der Waals surface area (Å²) in [6, 6.07) is 18.5. The summed E-state index contributed by atoms with van der Waals surface area (Å²) in [5.74, 6) is -1.37. The summed E-state index contributed by atoms with van der Waals surface area (Å²) in [5.41, 5.74) is 1.49. The predicted molar refractivity (Wildman–Crippen MR) is 244 cm³/mol. The van der Waals surface area contributed by atoms with Gasteiger partial charge in [0.05, 0.1) is 38.0 Å². The Morgan fingerprint density at radius 3 is 2.22 bits per heavy atom. The van der Waals surface area contributed by atoms with E-state index in [1.54, 1.807) is 25.0 Å². The third-order valence-corrected chi connectivity index (χ3v) is 12.4. The van der Waals surface area contributed by atoms with Crippen LogP contribution < -0.4 is 20.2 Å². The first-order chi connectivity index (χ1) is 32.2. The summed E-state index contributed by atoms with van der Waals surface area (Å²) in [5, 5.41) is 8.52. The zero-order valence-electron chi connectivity index (χ0n) is 38.2. The summed E-state index contributed by atoms with van der Waals surface area (Å²) < 4.78 is 72.1. The Balaban J connectivity index is 0.00000761. The lowest BCUT2D eigenvalue weighted by atomic mass is 9.87. The lowest BCUT2D eigenvalue weighted by molar-refractivity contribution is -0.169. The van der Waals surface area contributed by atoms with Crippen LogP contribution in [0.15, 0.2) is 90.5 Å². The number of anilines is 2. The number of esters is 1. The molecule has 3 aromatic carbocycles. The lowest BCUT2D eigenvalue weighted by Gasteiger charge is -2.37. The minimum atomic E-state index is -2.33. The van der Waals surface area contributed by atoms with Crippen LogP contribution in [0, 0.1) is 17.6 Å². The third kappa shape index (κ3) is 12.8. The lowest BCUT2D eigenvalue weighted by Crippen LogP contribution is -2.46. The molecule has 6 atom stereocenters. The molecule has 20 nitrogen and oxygen atoms in total. The minimum Gasteiger partial charge on any atom is -0.493 e. The van der Waals surface area contributed by atoms with E-state index >= 15 is 4.39 Å². The number of halogens is 2. The second-order valence-electron chi connectivity index (χ2n) is 16.7. The maximum absolute atomic E-state index is 15.0. The summed E-state index contributed by atoms with van der Waals surface area (Å²) in [6.45, 7) is 8.86. The molecule has 2 saturated heterocycles. The molecule has 7 rings (SSSR count). The van der Waals surface area contributed by atoms with E-state index in [9.17, 15) is 23.3 Å². The van der Waals surface area contributed by atoms with Crippen molar-refractivity contribution in [1.29, 1.82) is 0 Å². The number of benzene rings is 3. The molecule has 2 aliphatic heterocycles. The topological polar surface area (TPSA) is 229 Å². The number of hydrogen-bond acceptors (Lipinski definition) is 15. The first kappa shape index (κ1) is 51.1. The number of carbonyl (C=O) groups excluding carboxylic acids is 2. The first-order valence-corrected chi connectivity index (χ1v) is 23.4. The van der Waals surface area contributed by atoms with Gasteiger partial charge in [0.25, 0.3) is 0 Å². The Morgan fingerprint density at radius 2 is 1.60 bits per heavy atom. The van der Waals surface area contributed by atoms with Crippen LogP contribution in [0.25, 0.3) is 5.69 Å². The zero-order chi connectivity index (χ0) is 47.7. The highest BCUT2D eigenvalue weighted by Crippen LogP contribution is 2.42. The van der Waals surface area contributed by atoms with Crippen LogP contribution in [0.3, 0.4) is 0 Å². The van der Waals surface area contributed by atoms with Crippen LogP contribution in [0.4, 0.5) is 25.0 Å². The van der Waals surface area contributed by atoms with E-state index in [2.05, 4.69) is 25.0 Å². The number of hydrogen-bond donors (Lipinski definition) is 1. The highest BCUT2D eigenvalue weighted by atomic mass is 31.1. The fourth-order valence-electron chi connectivity index (χ4n) is 8.42. The van der Waals surface area contributed by atoms with E-state index in [0.29, 0.717) is 37.5 Å². The number of aromatic nitrogens is 6. The van der Waals surface area contributed by atoms with Crippen molar-refractivity contribution in [2.75, 3.05) is 75.5 Å². The Hall–Kier alpha value is -6.32. The smallest absolute Gasteiger partial charge is 0.493 e. The third-order valence-electron chi connectivity index (χ3n) is 11.9. The standard InChI is InChI=1S/C45H54F2N9O10P.H2O/c1-5-41(31(2)64-44(59)66-32(3)65-42(57)24-51(4)20-21-67(60)61)56-43(58)55(30-50-56)37-9-7-35(8-10-37)52-16-18-53(19-17-52)36-11-13-38(14-12-36)62-25-33-23-45(63-26-33,27-54-29-48-28-49-54)39-15-6-34(46)22-40(39)47;/h6-15,22,28-33,41H,5,16-21,23-27H2,1-4H3;1H2/p+1/t31-,32?,33+,41-,45-;/m0./s1. The van der Waals surface area contributed by atoms with Crippen molar-refractivity contribution in [3.8, 4) is 11.4 Å². The summed E-state index contributed by atoms with van der Waals surface area (Å²) in [7, 11) is -0.740. The molecular weight excluding hydrogens is 912 g/mol. The Kier molecular flexibility index (Phi) is 17.4. The number of likely N-dealkylation sites (N-methyl/N-ethyl adjacent to an activating group) is 1. The van der Waals surface area contributed by atoms with Crippen molar-refractivity contribution in [1.82, 2.24) is 34.0 Å².